The SMILES string of the molecule is Cc1cc(-c2ccc(N)nc2)cc([C@H]2CCN(C(=O)CCN3CCCc4ccccc43)C2)n1. The molecule has 0 aliphatic carbocycles. The molecule has 0 radical (unpaired) electrons. The molecule has 0 bridgehead atoms. The van der Waals surface area contributed by atoms with Gasteiger partial charge in [-0.1, -0.05) is 18.2 Å². The van der Waals surface area contributed by atoms with E-state index in [0.29, 0.717) is 12.2 Å². The van der Waals surface area contributed by atoms with Crippen LogP contribution in [0.3, 0.4) is 0 Å². The number of amides is 1. The summed E-state index contributed by atoms with van der Waals surface area (Å²) in [4.78, 5) is 26.4. The van der Waals surface area contributed by atoms with Crippen molar-refractivity contribution in [2.24, 2.45) is 0 Å². The van der Waals surface area contributed by atoms with Gasteiger partial charge in [0, 0.05) is 67.4 Å². The van der Waals surface area contributed by atoms with E-state index >= 15 is 0 Å². The van der Waals surface area contributed by atoms with Crippen LogP contribution in [0.1, 0.15) is 42.1 Å². The zero-order chi connectivity index (χ0) is 22.8. The highest BCUT2D eigenvalue weighted by Gasteiger charge is 2.29. The average molecular weight is 442 g/mol. The maximum absolute atomic E-state index is 13.0. The molecule has 1 fully saturated rings. The van der Waals surface area contributed by atoms with Crippen LogP contribution < -0.4 is 10.6 Å². The quantitative estimate of drug-likeness (QED) is 0.642. The minimum absolute atomic E-state index is 0.246. The van der Waals surface area contributed by atoms with Crippen LogP contribution in [-0.4, -0.2) is 47.0 Å². The second-order valence-corrected chi connectivity index (χ2v) is 9.19. The molecule has 0 unspecified atom stereocenters. The molecule has 1 amide bonds. The summed E-state index contributed by atoms with van der Waals surface area (Å²) in [5.41, 5.74) is 12.6. The van der Waals surface area contributed by atoms with Gasteiger partial charge in [-0.2, -0.15) is 0 Å². The molecular weight excluding hydrogens is 410 g/mol. The Morgan fingerprint density at radius 3 is 2.85 bits per heavy atom. The van der Waals surface area contributed by atoms with Crippen LogP contribution >= 0.6 is 0 Å². The number of hydrogen-bond donors (Lipinski definition) is 1. The molecule has 6 nitrogen and oxygen atoms in total. The van der Waals surface area contributed by atoms with Gasteiger partial charge in [0.1, 0.15) is 5.82 Å². The fraction of sp³-hybridized carbons (Fsp3) is 0.370. The number of nitrogens with two attached hydrogens (primary N) is 1. The highest BCUT2D eigenvalue weighted by atomic mass is 16.2. The Bertz CT molecular complexity index is 1140. The first-order valence-corrected chi connectivity index (χ1v) is 11.9. The predicted octanol–water partition coefficient (Wildman–Crippen LogP) is 4.19. The molecule has 6 heteroatoms. The molecule has 2 N–H and O–H groups in total. The van der Waals surface area contributed by atoms with E-state index in [1.165, 1.54) is 11.3 Å². The van der Waals surface area contributed by atoms with Gasteiger partial charge in [0.25, 0.3) is 0 Å². The Labute approximate surface area is 195 Å². The maximum atomic E-state index is 13.0. The zero-order valence-corrected chi connectivity index (χ0v) is 19.2. The number of fused-ring (bicyclic) bond motifs is 1. The minimum Gasteiger partial charge on any atom is -0.384 e. The van der Waals surface area contributed by atoms with Gasteiger partial charge in [0.05, 0.1) is 0 Å². The Balaban J connectivity index is 1.23. The molecule has 1 aromatic carbocycles. The minimum atomic E-state index is 0.246. The molecule has 0 spiro atoms. The van der Waals surface area contributed by atoms with Crippen molar-refractivity contribution in [1.82, 2.24) is 14.9 Å². The summed E-state index contributed by atoms with van der Waals surface area (Å²) < 4.78 is 0. The number of likely N-dealkylation sites (tertiary alicyclic amines) is 1. The number of anilines is 2. The Hall–Kier alpha value is -3.41. The highest BCUT2D eigenvalue weighted by molar-refractivity contribution is 5.77. The third kappa shape index (κ3) is 4.70. The van der Waals surface area contributed by atoms with Crippen LogP contribution in [0.2, 0.25) is 0 Å². The number of benzene rings is 1. The monoisotopic (exact) mass is 441 g/mol. The van der Waals surface area contributed by atoms with Gasteiger partial charge < -0.3 is 15.5 Å². The normalized spacial score (nSPS) is 17.8. The van der Waals surface area contributed by atoms with Crippen LogP contribution in [0.25, 0.3) is 11.1 Å². The number of carbonyl (C=O) groups excluding carboxylic acids is 1. The van der Waals surface area contributed by atoms with Crippen molar-refractivity contribution in [2.45, 2.75) is 38.5 Å². The van der Waals surface area contributed by atoms with Gasteiger partial charge in [-0.3, -0.25) is 9.78 Å². The topological polar surface area (TPSA) is 75.3 Å². The number of pyridine rings is 2. The van der Waals surface area contributed by atoms with Gasteiger partial charge in [-0.25, -0.2) is 4.98 Å². The first-order chi connectivity index (χ1) is 16.1. The summed E-state index contributed by atoms with van der Waals surface area (Å²) in [7, 11) is 0. The molecule has 1 atom stereocenters. The van der Waals surface area contributed by atoms with E-state index in [2.05, 4.69) is 46.3 Å². The van der Waals surface area contributed by atoms with E-state index in [1.807, 2.05) is 24.0 Å². The van der Waals surface area contributed by atoms with Crippen molar-refractivity contribution in [3.63, 3.8) is 0 Å². The summed E-state index contributed by atoms with van der Waals surface area (Å²) >= 11 is 0. The molecule has 3 aromatic rings. The molecule has 5 rings (SSSR count). The largest absolute Gasteiger partial charge is 0.384 e. The first kappa shape index (κ1) is 21.4. The lowest BCUT2D eigenvalue weighted by atomic mass is 9.99. The molecule has 2 aliphatic heterocycles. The lowest BCUT2D eigenvalue weighted by Gasteiger charge is -2.31. The Morgan fingerprint density at radius 1 is 1.12 bits per heavy atom. The molecule has 170 valence electrons. The second kappa shape index (κ2) is 9.22. The van der Waals surface area contributed by atoms with E-state index in [1.54, 1.807) is 6.20 Å². The van der Waals surface area contributed by atoms with Crippen molar-refractivity contribution < 1.29 is 4.79 Å². The van der Waals surface area contributed by atoms with E-state index < -0.39 is 0 Å². The molecule has 33 heavy (non-hydrogen) atoms. The molecule has 2 aliphatic rings. The number of hydrogen-bond acceptors (Lipinski definition) is 5. The second-order valence-electron chi connectivity index (χ2n) is 9.19. The Kier molecular flexibility index (Phi) is 5.99. The summed E-state index contributed by atoms with van der Waals surface area (Å²) in [5.74, 6) is 1.03. The van der Waals surface area contributed by atoms with E-state index in [9.17, 15) is 4.79 Å². The number of aryl methyl sites for hydroxylation is 2. The fourth-order valence-corrected chi connectivity index (χ4v) is 5.11. The average Bonchev–Trinajstić information content (AvgIpc) is 3.33. The number of nitrogens with zero attached hydrogens (tertiary/aromatic N) is 4. The van der Waals surface area contributed by atoms with Crippen molar-refractivity contribution in [2.75, 3.05) is 36.8 Å². The summed E-state index contributed by atoms with van der Waals surface area (Å²) in [5, 5.41) is 0. The van der Waals surface area contributed by atoms with Crippen molar-refractivity contribution in [3.8, 4) is 11.1 Å². The standard InChI is InChI=1S/C27H31N5O/c1-19-15-23(21-8-9-26(28)29-17-21)16-24(30-19)22-10-13-32(18-22)27(33)11-14-31-12-4-6-20-5-2-3-7-25(20)31/h2-3,5,7-9,15-17,22H,4,6,10-14,18H2,1H3,(H2,28,29)/t22-/m0/s1. The summed E-state index contributed by atoms with van der Waals surface area (Å²) in [6.45, 7) is 5.38. The van der Waals surface area contributed by atoms with Gasteiger partial charge >= 0.3 is 0 Å². The fourth-order valence-electron chi connectivity index (χ4n) is 5.11. The third-order valence-electron chi connectivity index (χ3n) is 6.85. The predicted molar refractivity (Wildman–Crippen MR) is 132 cm³/mol. The third-order valence-corrected chi connectivity index (χ3v) is 6.85. The van der Waals surface area contributed by atoms with Crippen LogP contribution in [0, 0.1) is 6.92 Å². The van der Waals surface area contributed by atoms with Crippen LogP contribution in [0.15, 0.2) is 54.7 Å². The summed E-state index contributed by atoms with van der Waals surface area (Å²) in [6, 6.07) is 16.6. The Morgan fingerprint density at radius 2 is 2.00 bits per heavy atom. The highest BCUT2D eigenvalue weighted by Crippen LogP contribution is 2.31. The van der Waals surface area contributed by atoms with E-state index in [-0.39, 0.29) is 11.8 Å². The summed E-state index contributed by atoms with van der Waals surface area (Å²) in [6.07, 6.45) is 5.60. The number of nitrogen functional groups attached to an aromatic ring is 1. The number of carbonyl (C=O) groups is 1. The molecular formula is C27H31N5O. The van der Waals surface area contributed by atoms with E-state index in [0.717, 1.165) is 68.0 Å². The first-order valence-electron chi connectivity index (χ1n) is 11.9. The van der Waals surface area contributed by atoms with Crippen molar-refractivity contribution in [3.05, 3.63) is 71.7 Å². The number of rotatable bonds is 5. The van der Waals surface area contributed by atoms with Crippen LogP contribution in [0.5, 0.6) is 0 Å². The van der Waals surface area contributed by atoms with Gasteiger partial charge in [-0.05, 0) is 67.6 Å². The van der Waals surface area contributed by atoms with Gasteiger partial charge in [0.2, 0.25) is 5.91 Å². The van der Waals surface area contributed by atoms with Gasteiger partial charge in [-0.15, -0.1) is 0 Å². The number of aromatic nitrogens is 2. The molecule has 2 aromatic heterocycles. The number of para-hydroxylation sites is 1. The van der Waals surface area contributed by atoms with Crippen LogP contribution in [-0.2, 0) is 11.2 Å². The van der Waals surface area contributed by atoms with Gasteiger partial charge in [0.15, 0.2) is 0 Å². The lowest BCUT2D eigenvalue weighted by molar-refractivity contribution is -0.129. The lowest BCUT2D eigenvalue weighted by Crippen LogP contribution is -2.35. The molecule has 0 saturated carbocycles. The zero-order valence-electron chi connectivity index (χ0n) is 19.2. The van der Waals surface area contributed by atoms with Crippen LogP contribution in [0.4, 0.5) is 11.5 Å². The van der Waals surface area contributed by atoms with Crippen molar-refractivity contribution >= 4 is 17.4 Å². The van der Waals surface area contributed by atoms with Crippen molar-refractivity contribution in [1.29, 1.82) is 0 Å². The van der Waals surface area contributed by atoms with E-state index in [4.69, 9.17) is 10.7 Å². The molecule has 4 heterocycles. The smallest absolute Gasteiger partial charge is 0.224 e. The maximum Gasteiger partial charge on any atom is 0.224 e. The molecule has 1 saturated heterocycles.